The lowest BCUT2D eigenvalue weighted by Crippen LogP contribution is -2.36. The summed E-state index contributed by atoms with van der Waals surface area (Å²) in [5.41, 5.74) is 2.80. The maximum atomic E-state index is 13.2. The number of amides is 1. The van der Waals surface area contributed by atoms with Crippen LogP contribution in [0.2, 0.25) is 0 Å². The van der Waals surface area contributed by atoms with Gasteiger partial charge in [0.05, 0.1) is 17.3 Å². The number of halogens is 1. The van der Waals surface area contributed by atoms with Crippen LogP contribution in [0.3, 0.4) is 0 Å². The molecule has 0 aliphatic rings. The van der Waals surface area contributed by atoms with E-state index in [2.05, 4.69) is 24.0 Å². The number of aromatic nitrogens is 1. The van der Waals surface area contributed by atoms with Crippen LogP contribution in [0, 0.1) is 0 Å². The van der Waals surface area contributed by atoms with Crippen LogP contribution in [0.5, 0.6) is 5.75 Å². The number of likely N-dealkylation sites (N-methyl/N-ethyl adjacent to an activating group) is 1. The molecule has 0 saturated carbocycles. The van der Waals surface area contributed by atoms with Gasteiger partial charge in [0, 0.05) is 18.7 Å². The van der Waals surface area contributed by atoms with Crippen LogP contribution in [-0.4, -0.2) is 50.1 Å². The zero-order chi connectivity index (χ0) is 19.4. The van der Waals surface area contributed by atoms with Crippen LogP contribution in [-0.2, 0) is 6.42 Å². The monoisotopic (exact) mass is 419 g/mol. The number of hydrogen-bond acceptors (Lipinski definition) is 5. The summed E-state index contributed by atoms with van der Waals surface area (Å²) in [6.45, 7) is 3.47. The number of fused-ring (bicyclic) bond motifs is 1. The van der Waals surface area contributed by atoms with Gasteiger partial charge in [-0.15, -0.1) is 12.4 Å². The van der Waals surface area contributed by atoms with Crippen molar-refractivity contribution >= 4 is 45.0 Å². The number of carbonyl (C=O) groups excluding carboxylic acids is 1. The number of hydrogen-bond donors (Lipinski definition) is 0. The molecule has 0 saturated heterocycles. The number of aryl methyl sites for hydroxylation is 1. The third-order valence-corrected chi connectivity index (χ3v) is 5.45. The molecule has 0 atom stereocenters. The number of nitrogens with zero attached hydrogens (tertiary/aromatic N) is 3. The van der Waals surface area contributed by atoms with Crippen LogP contribution < -0.4 is 9.64 Å². The second kappa shape index (κ2) is 9.87. The molecule has 0 aliphatic carbocycles. The van der Waals surface area contributed by atoms with Gasteiger partial charge in [-0.1, -0.05) is 30.4 Å². The Labute approximate surface area is 176 Å². The highest BCUT2D eigenvalue weighted by Gasteiger charge is 2.22. The first kappa shape index (κ1) is 22.1. The Hall–Kier alpha value is -2.15. The second-order valence-corrected chi connectivity index (χ2v) is 7.65. The zero-order valence-corrected chi connectivity index (χ0v) is 18.3. The maximum absolute atomic E-state index is 13.2. The molecule has 7 heteroatoms. The minimum Gasteiger partial charge on any atom is -0.497 e. The molecule has 1 amide bonds. The molecule has 1 heterocycles. The van der Waals surface area contributed by atoms with Gasteiger partial charge >= 0.3 is 0 Å². The maximum Gasteiger partial charge on any atom is 0.260 e. The van der Waals surface area contributed by atoms with Crippen molar-refractivity contribution in [2.45, 2.75) is 13.3 Å². The lowest BCUT2D eigenvalue weighted by atomic mass is 10.2. The summed E-state index contributed by atoms with van der Waals surface area (Å²) in [5.74, 6) is 0.607. The van der Waals surface area contributed by atoms with E-state index >= 15 is 0 Å². The van der Waals surface area contributed by atoms with Crippen LogP contribution >= 0.6 is 23.7 Å². The van der Waals surface area contributed by atoms with Crippen molar-refractivity contribution in [1.29, 1.82) is 0 Å². The molecule has 3 aromatic rings. The lowest BCUT2D eigenvalue weighted by molar-refractivity contribution is 0.0985. The summed E-state index contributed by atoms with van der Waals surface area (Å²) in [6, 6.07) is 13.6. The minimum atomic E-state index is -0.0643. The van der Waals surface area contributed by atoms with Gasteiger partial charge in [-0.05, 0) is 56.4 Å². The molecule has 0 bridgehead atoms. The van der Waals surface area contributed by atoms with Crippen LogP contribution in [0.4, 0.5) is 5.13 Å². The number of thiazole rings is 1. The minimum absolute atomic E-state index is 0. The predicted molar refractivity (Wildman–Crippen MR) is 119 cm³/mol. The molecule has 0 unspecified atom stereocenters. The first-order chi connectivity index (χ1) is 13.0. The largest absolute Gasteiger partial charge is 0.497 e. The first-order valence-electron chi connectivity index (χ1n) is 9.02. The molecule has 0 spiro atoms. The standard InChI is InChI=1S/C21H25N3O2S.ClH/c1-5-15-9-10-18-19(13-15)27-21(22-18)24(12-11-23(2)3)20(25)16-7-6-8-17(14-16)26-4;/h6-10,13-14H,5,11-12H2,1-4H3;1H. The molecule has 0 radical (unpaired) electrons. The van der Waals surface area contributed by atoms with Crippen molar-refractivity contribution < 1.29 is 9.53 Å². The zero-order valence-electron chi connectivity index (χ0n) is 16.6. The summed E-state index contributed by atoms with van der Waals surface area (Å²) < 4.78 is 6.38. The van der Waals surface area contributed by atoms with Gasteiger partial charge in [0.1, 0.15) is 5.75 Å². The Bertz CT molecular complexity index is 942. The van der Waals surface area contributed by atoms with Crippen molar-refractivity contribution in [2.24, 2.45) is 0 Å². The molecule has 3 rings (SSSR count). The molecule has 150 valence electrons. The van der Waals surface area contributed by atoms with Crippen molar-refractivity contribution in [1.82, 2.24) is 9.88 Å². The quantitative estimate of drug-likeness (QED) is 0.565. The second-order valence-electron chi connectivity index (χ2n) is 6.64. The summed E-state index contributed by atoms with van der Waals surface area (Å²) in [6.07, 6.45) is 0.982. The van der Waals surface area contributed by atoms with Gasteiger partial charge in [-0.25, -0.2) is 4.98 Å². The van der Waals surface area contributed by atoms with E-state index in [0.717, 1.165) is 28.3 Å². The van der Waals surface area contributed by atoms with Crippen molar-refractivity contribution in [3.8, 4) is 5.75 Å². The van der Waals surface area contributed by atoms with E-state index in [9.17, 15) is 4.79 Å². The van der Waals surface area contributed by atoms with Crippen LogP contribution in [0.1, 0.15) is 22.8 Å². The Balaban J connectivity index is 0.00000280. The Morgan fingerprint density at radius 1 is 1.14 bits per heavy atom. The van der Waals surface area contributed by atoms with Gasteiger partial charge in [-0.2, -0.15) is 0 Å². The third kappa shape index (κ3) is 5.01. The molecule has 0 aliphatic heterocycles. The van der Waals surface area contributed by atoms with Gasteiger partial charge in [0.2, 0.25) is 0 Å². The number of methoxy groups -OCH3 is 1. The van der Waals surface area contributed by atoms with E-state index in [1.807, 2.05) is 38.4 Å². The van der Waals surface area contributed by atoms with Gasteiger partial charge in [-0.3, -0.25) is 9.69 Å². The van der Waals surface area contributed by atoms with Gasteiger partial charge in [0.15, 0.2) is 5.13 Å². The highest BCUT2D eigenvalue weighted by Crippen LogP contribution is 2.31. The number of anilines is 1. The summed E-state index contributed by atoms with van der Waals surface area (Å²) >= 11 is 1.56. The molecular formula is C21H26ClN3O2S. The summed E-state index contributed by atoms with van der Waals surface area (Å²) in [7, 11) is 5.60. The smallest absolute Gasteiger partial charge is 0.260 e. The van der Waals surface area contributed by atoms with E-state index in [0.29, 0.717) is 17.9 Å². The Morgan fingerprint density at radius 2 is 1.93 bits per heavy atom. The molecule has 0 fully saturated rings. The lowest BCUT2D eigenvalue weighted by Gasteiger charge is -2.22. The van der Waals surface area contributed by atoms with E-state index in [-0.39, 0.29) is 18.3 Å². The number of carbonyl (C=O) groups is 1. The number of benzene rings is 2. The Morgan fingerprint density at radius 3 is 2.61 bits per heavy atom. The molecule has 2 aromatic carbocycles. The van der Waals surface area contributed by atoms with Crippen molar-refractivity contribution in [3.05, 3.63) is 53.6 Å². The summed E-state index contributed by atoms with van der Waals surface area (Å²) in [4.78, 5) is 21.8. The highest BCUT2D eigenvalue weighted by atomic mass is 35.5. The normalized spacial score (nSPS) is 10.8. The highest BCUT2D eigenvalue weighted by molar-refractivity contribution is 7.22. The number of ether oxygens (including phenoxy) is 1. The molecule has 28 heavy (non-hydrogen) atoms. The fraction of sp³-hybridized carbons (Fsp3) is 0.333. The average molecular weight is 420 g/mol. The summed E-state index contributed by atoms with van der Waals surface area (Å²) in [5, 5.41) is 0.730. The average Bonchev–Trinajstić information content (AvgIpc) is 3.10. The fourth-order valence-electron chi connectivity index (χ4n) is 2.79. The van der Waals surface area contributed by atoms with E-state index in [4.69, 9.17) is 9.72 Å². The third-order valence-electron chi connectivity index (χ3n) is 4.41. The van der Waals surface area contributed by atoms with Crippen molar-refractivity contribution in [3.63, 3.8) is 0 Å². The Kier molecular flexibility index (Phi) is 7.80. The van der Waals surface area contributed by atoms with E-state index < -0.39 is 0 Å². The van der Waals surface area contributed by atoms with E-state index in [1.54, 1.807) is 29.4 Å². The first-order valence-corrected chi connectivity index (χ1v) is 9.83. The molecule has 0 N–H and O–H groups in total. The topological polar surface area (TPSA) is 45.7 Å². The molecule has 5 nitrogen and oxygen atoms in total. The van der Waals surface area contributed by atoms with E-state index in [1.165, 1.54) is 5.56 Å². The van der Waals surface area contributed by atoms with Gasteiger partial charge in [0.25, 0.3) is 5.91 Å². The number of rotatable bonds is 7. The van der Waals surface area contributed by atoms with Crippen LogP contribution in [0.25, 0.3) is 10.2 Å². The molecule has 1 aromatic heterocycles. The predicted octanol–water partition coefficient (Wildman–Crippen LogP) is 4.50. The van der Waals surface area contributed by atoms with Crippen LogP contribution in [0.15, 0.2) is 42.5 Å². The van der Waals surface area contributed by atoms with Crippen molar-refractivity contribution in [2.75, 3.05) is 39.2 Å². The molecular weight excluding hydrogens is 394 g/mol. The SMILES string of the molecule is CCc1ccc2nc(N(CCN(C)C)C(=O)c3cccc(OC)c3)sc2c1.Cl. The fourth-order valence-corrected chi connectivity index (χ4v) is 3.84. The van der Waals surface area contributed by atoms with Gasteiger partial charge < -0.3 is 9.64 Å².